The van der Waals surface area contributed by atoms with Crippen molar-refractivity contribution in [2.75, 3.05) is 13.2 Å². The molecule has 3 rings (SSSR count). The van der Waals surface area contributed by atoms with Crippen molar-refractivity contribution in [3.05, 3.63) is 54.1 Å². The summed E-state index contributed by atoms with van der Waals surface area (Å²) < 4.78 is 11.5. The number of nitrogens with zero attached hydrogens (tertiary/aromatic N) is 2. The van der Waals surface area contributed by atoms with Crippen LogP contribution in [0.2, 0.25) is 0 Å². The predicted molar refractivity (Wildman–Crippen MR) is 163 cm³/mol. The van der Waals surface area contributed by atoms with Crippen LogP contribution >= 0.6 is 0 Å². The smallest absolute Gasteiger partial charge is 0.309 e. The van der Waals surface area contributed by atoms with Crippen LogP contribution in [0, 0.1) is 17.2 Å². The molecule has 2 aromatic rings. The zero-order chi connectivity index (χ0) is 29.7. The molecule has 0 saturated carbocycles. The maximum atomic E-state index is 12.6. The van der Waals surface area contributed by atoms with Gasteiger partial charge in [0, 0.05) is 11.1 Å². The summed E-state index contributed by atoms with van der Waals surface area (Å²) in [5, 5.41) is 22.6. The maximum Gasteiger partial charge on any atom is 0.309 e. The van der Waals surface area contributed by atoms with Crippen LogP contribution < -0.4 is 4.74 Å². The van der Waals surface area contributed by atoms with Crippen molar-refractivity contribution in [3.8, 4) is 22.9 Å². The van der Waals surface area contributed by atoms with Crippen LogP contribution in [0.15, 0.2) is 48.5 Å². The molecule has 0 amide bonds. The summed E-state index contributed by atoms with van der Waals surface area (Å²) in [6.45, 7) is 8.89. The normalized spacial score (nSPS) is 16.7. The Bertz CT molecular complexity index is 1080. The fraction of sp³-hybridized carbons (Fsp3) is 0.600. The zero-order valence-corrected chi connectivity index (χ0v) is 25.6. The van der Waals surface area contributed by atoms with E-state index in [9.17, 15) is 10.0 Å². The zero-order valence-electron chi connectivity index (χ0n) is 25.6. The number of unbranched alkanes of at least 4 members (excludes halogenated alkanes) is 9. The van der Waals surface area contributed by atoms with Crippen molar-refractivity contribution < 1.29 is 19.5 Å². The lowest BCUT2D eigenvalue weighted by Gasteiger charge is -2.49. The summed E-state index contributed by atoms with van der Waals surface area (Å²) in [5.41, 5.74) is 1.81. The topological polar surface area (TPSA) is 82.5 Å². The number of carbonyl (C=O) groups excluding carboxylic acids is 1. The van der Waals surface area contributed by atoms with Crippen LogP contribution in [0.4, 0.5) is 0 Å². The second-order valence-electron chi connectivity index (χ2n) is 12.8. The molecule has 0 bridgehead atoms. The quantitative estimate of drug-likeness (QED) is 0.151. The Hall–Kier alpha value is -2.88. The fourth-order valence-electron chi connectivity index (χ4n) is 6.01. The number of hydrogen-bond donors (Lipinski definition) is 0. The van der Waals surface area contributed by atoms with E-state index in [-0.39, 0.29) is 11.9 Å². The van der Waals surface area contributed by atoms with Crippen LogP contribution in [-0.2, 0) is 14.7 Å². The van der Waals surface area contributed by atoms with Crippen molar-refractivity contribution in [1.29, 1.82) is 5.26 Å². The van der Waals surface area contributed by atoms with Crippen LogP contribution in [-0.4, -0.2) is 35.3 Å². The molecule has 1 saturated heterocycles. The van der Waals surface area contributed by atoms with Gasteiger partial charge in [-0.25, -0.2) is 0 Å². The van der Waals surface area contributed by atoms with Gasteiger partial charge in [-0.05, 0) is 88.8 Å². The second kappa shape index (κ2) is 15.9. The third-order valence-corrected chi connectivity index (χ3v) is 8.18. The van der Waals surface area contributed by atoms with Crippen molar-refractivity contribution in [2.45, 2.75) is 116 Å². The fourth-order valence-corrected chi connectivity index (χ4v) is 6.01. The van der Waals surface area contributed by atoms with E-state index >= 15 is 0 Å². The van der Waals surface area contributed by atoms with Crippen molar-refractivity contribution in [1.82, 2.24) is 5.06 Å². The third-order valence-electron chi connectivity index (χ3n) is 8.18. The molecule has 1 aliphatic rings. The van der Waals surface area contributed by atoms with Gasteiger partial charge in [-0.3, -0.25) is 4.79 Å². The highest BCUT2D eigenvalue weighted by Gasteiger charge is 2.48. The number of carbonyl (C=O) groups is 1. The van der Waals surface area contributed by atoms with E-state index in [1.54, 1.807) is 0 Å². The van der Waals surface area contributed by atoms with E-state index in [1.807, 2.05) is 64.1 Å². The van der Waals surface area contributed by atoms with Gasteiger partial charge < -0.3 is 9.47 Å². The molecule has 0 aromatic heterocycles. The number of rotatable bonds is 16. The minimum absolute atomic E-state index is 0.137. The van der Waals surface area contributed by atoms with Crippen LogP contribution in [0.3, 0.4) is 0 Å². The van der Waals surface area contributed by atoms with E-state index < -0.39 is 11.1 Å². The summed E-state index contributed by atoms with van der Waals surface area (Å²) in [4.78, 5) is 12.6. The van der Waals surface area contributed by atoms with Gasteiger partial charge in [0.2, 0.25) is 0 Å². The van der Waals surface area contributed by atoms with Gasteiger partial charge in [-0.2, -0.15) is 5.26 Å². The van der Waals surface area contributed by atoms with Crippen LogP contribution in [0.5, 0.6) is 5.75 Å². The molecule has 0 unspecified atom stereocenters. The first-order valence-corrected chi connectivity index (χ1v) is 15.5. The van der Waals surface area contributed by atoms with Gasteiger partial charge in [0.1, 0.15) is 5.75 Å². The summed E-state index contributed by atoms with van der Waals surface area (Å²) >= 11 is 0. The lowest BCUT2D eigenvalue weighted by molar-refractivity contribution is -0.293. The first-order valence-electron chi connectivity index (χ1n) is 15.5. The third kappa shape index (κ3) is 10.5. The molecule has 41 heavy (non-hydrogen) atoms. The molecule has 1 radical (unpaired) electrons. The number of esters is 1. The summed E-state index contributed by atoms with van der Waals surface area (Å²) in [6.07, 6.45) is 12.9. The lowest BCUT2D eigenvalue weighted by Crippen LogP contribution is -2.59. The lowest BCUT2D eigenvalue weighted by atomic mass is 9.75. The van der Waals surface area contributed by atoms with Crippen LogP contribution in [0.25, 0.3) is 11.1 Å². The Balaban J connectivity index is 1.13. The van der Waals surface area contributed by atoms with Gasteiger partial charge in [0.25, 0.3) is 0 Å². The average Bonchev–Trinajstić information content (AvgIpc) is 2.96. The Morgan fingerprint density at radius 3 is 1.68 bits per heavy atom. The highest BCUT2D eigenvalue weighted by Crippen LogP contribution is 2.40. The molecule has 6 heteroatoms. The van der Waals surface area contributed by atoms with E-state index in [4.69, 9.17) is 14.7 Å². The maximum absolute atomic E-state index is 12.6. The van der Waals surface area contributed by atoms with Crippen molar-refractivity contribution >= 4 is 5.97 Å². The Morgan fingerprint density at radius 1 is 0.756 bits per heavy atom. The molecular weight excluding hydrogens is 512 g/mol. The average molecular weight is 562 g/mol. The molecular formula is C35H49N2O4. The highest BCUT2D eigenvalue weighted by atomic mass is 16.5. The predicted octanol–water partition coefficient (Wildman–Crippen LogP) is 8.66. The number of benzene rings is 2. The van der Waals surface area contributed by atoms with Gasteiger partial charge in [-0.15, -0.1) is 10.3 Å². The molecule has 1 fully saturated rings. The first kappa shape index (κ1) is 32.6. The van der Waals surface area contributed by atoms with Gasteiger partial charge in [-0.1, -0.05) is 75.6 Å². The Morgan fingerprint density at radius 2 is 1.20 bits per heavy atom. The number of hydrogen-bond acceptors (Lipinski definition) is 5. The Labute approximate surface area is 247 Å². The highest BCUT2D eigenvalue weighted by molar-refractivity contribution is 5.73. The molecule has 1 heterocycles. The molecule has 0 aliphatic carbocycles. The number of ether oxygens (including phenoxy) is 2. The van der Waals surface area contributed by atoms with Crippen LogP contribution in [0.1, 0.15) is 110 Å². The Kier molecular flexibility index (Phi) is 12.7. The van der Waals surface area contributed by atoms with Crippen molar-refractivity contribution in [3.63, 3.8) is 0 Å². The summed E-state index contributed by atoms with van der Waals surface area (Å²) in [7, 11) is 0. The molecule has 0 atom stereocenters. The molecule has 223 valence electrons. The van der Waals surface area contributed by atoms with Gasteiger partial charge in [0.15, 0.2) is 0 Å². The largest absolute Gasteiger partial charge is 0.494 e. The molecule has 1 aliphatic heterocycles. The van der Waals surface area contributed by atoms with E-state index in [0.29, 0.717) is 25.0 Å². The standard InChI is InChI=1S/C35H49N2O4/c1-34(2)25-31(26-35(3,4)37(34)39)33(38)41-24-14-12-10-8-6-5-7-9-11-13-23-40-32-21-19-30(20-22-32)29-17-15-28(27-36)16-18-29/h15-22,31H,5-14,23-26H2,1-4H3. The van der Waals surface area contributed by atoms with Gasteiger partial charge in [0.05, 0.1) is 30.8 Å². The minimum atomic E-state index is -0.540. The molecule has 0 spiro atoms. The molecule has 0 N–H and O–H groups in total. The number of hydroxylamine groups is 2. The van der Waals surface area contributed by atoms with E-state index in [1.165, 1.54) is 44.9 Å². The minimum Gasteiger partial charge on any atom is -0.494 e. The van der Waals surface area contributed by atoms with Crippen molar-refractivity contribution in [2.24, 2.45) is 5.92 Å². The summed E-state index contributed by atoms with van der Waals surface area (Å²) in [6, 6.07) is 17.9. The second-order valence-corrected chi connectivity index (χ2v) is 12.8. The summed E-state index contributed by atoms with van der Waals surface area (Å²) in [5.74, 6) is 0.571. The number of nitriles is 1. The SMILES string of the molecule is CC1(C)CC(C(=O)OCCCCCCCCCCCCOc2ccc(-c3ccc(C#N)cc3)cc2)CC(C)(C)N1[O]. The van der Waals surface area contributed by atoms with E-state index in [2.05, 4.69) is 18.2 Å². The monoisotopic (exact) mass is 561 g/mol. The first-order chi connectivity index (χ1) is 19.6. The molecule has 6 nitrogen and oxygen atoms in total. The number of piperidine rings is 1. The van der Waals surface area contributed by atoms with E-state index in [0.717, 1.165) is 47.8 Å². The molecule has 2 aromatic carbocycles. The van der Waals surface area contributed by atoms with Gasteiger partial charge >= 0.3 is 5.97 Å².